The summed E-state index contributed by atoms with van der Waals surface area (Å²) in [6.07, 6.45) is 0. The quantitative estimate of drug-likeness (QED) is 0.556. The number of methoxy groups -OCH3 is 1. The summed E-state index contributed by atoms with van der Waals surface area (Å²) in [6.45, 7) is 0. The maximum Gasteiger partial charge on any atom is 0.337 e. The van der Waals surface area contributed by atoms with E-state index in [1.807, 2.05) is 0 Å². The second-order valence-corrected chi connectivity index (χ2v) is 3.33. The van der Waals surface area contributed by atoms with Crippen LogP contribution in [0.3, 0.4) is 0 Å². The average Bonchev–Trinajstić information content (AvgIpc) is 2.17. The molecule has 0 aliphatic carbocycles. The van der Waals surface area contributed by atoms with Crippen LogP contribution in [0.2, 0.25) is 0 Å². The number of carbonyl (C=O) groups excluding carboxylic acids is 1. The van der Waals surface area contributed by atoms with Gasteiger partial charge in [-0.1, -0.05) is 0 Å². The normalized spacial score (nSPS) is 10.0. The highest BCUT2D eigenvalue weighted by Gasteiger charge is 2.04. The summed E-state index contributed by atoms with van der Waals surface area (Å²) in [5, 5.41) is 0. The van der Waals surface area contributed by atoms with E-state index in [9.17, 15) is 13.2 Å². The molecule has 1 rings (SSSR count). The first-order valence-corrected chi connectivity index (χ1v) is 4.65. The molecule has 0 unspecified atom stereocenters. The monoisotopic (exact) mass is 200 g/mol. The Balaban J connectivity index is 3.00. The average molecular weight is 200 g/mol. The Morgan fingerprint density at radius 2 is 1.77 bits per heavy atom. The fourth-order valence-corrected chi connectivity index (χ4v) is 1.23. The van der Waals surface area contributed by atoms with Crippen molar-refractivity contribution in [3.63, 3.8) is 0 Å². The van der Waals surface area contributed by atoms with Crippen LogP contribution >= 0.6 is 0 Å². The number of benzene rings is 1. The van der Waals surface area contributed by atoms with Crippen LogP contribution in [0, 0.1) is 0 Å². The van der Waals surface area contributed by atoms with Crippen LogP contribution in [-0.4, -0.2) is 21.5 Å². The number of hydrogen-bond donors (Lipinski definition) is 1. The first kappa shape index (κ1) is 9.73. The molecule has 0 saturated heterocycles. The summed E-state index contributed by atoms with van der Waals surface area (Å²) in [7, 11) is -1.32. The molecule has 0 aliphatic rings. The van der Waals surface area contributed by atoms with Gasteiger partial charge < -0.3 is 4.74 Å². The summed E-state index contributed by atoms with van der Waals surface area (Å²) < 4.78 is 25.4. The second-order valence-electron chi connectivity index (χ2n) is 2.30. The third-order valence-electron chi connectivity index (χ3n) is 1.50. The van der Waals surface area contributed by atoms with E-state index in [-0.39, 0.29) is 4.90 Å². The highest BCUT2D eigenvalue weighted by molar-refractivity contribution is 7.72. The molecule has 5 heteroatoms. The minimum Gasteiger partial charge on any atom is -0.465 e. The van der Waals surface area contributed by atoms with E-state index in [4.69, 9.17) is 0 Å². The van der Waals surface area contributed by atoms with Crippen LogP contribution in [0.1, 0.15) is 10.4 Å². The van der Waals surface area contributed by atoms with Crippen molar-refractivity contribution in [3.8, 4) is 0 Å². The maximum absolute atomic E-state index is 10.9. The molecule has 1 aromatic carbocycles. The van der Waals surface area contributed by atoms with Gasteiger partial charge in [-0.25, -0.2) is 13.2 Å². The summed E-state index contributed by atoms with van der Waals surface area (Å²) in [5.41, 5.74) is 0.336. The molecule has 1 aromatic rings. The van der Waals surface area contributed by atoms with E-state index in [1.54, 1.807) is 0 Å². The Morgan fingerprint density at radius 1 is 1.23 bits per heavy atom. The zero-order chi connectivity index (χ0) is 9.84. The SMILES string of the molecule is COC(=O)c1ccc([SH](=O)=O)cc1. The summed E-state index contributed by atoms with van der Waals surface area (Å²) in [4.78, 5) is 11.1. The standard InChI is InChI=1S/C8H8O4S/c1-12-8(9)6-2-4-7(5-3-6)13(10)11/h2-5,13H,1H3. The van der Waals surface area contributed by atoms with Gasteiger partial charge in [-0.3, -0.25) is 0 Å². The predicted molar refractivity (Wildman–Crippen MR) is 46.4 cm³/mol. The molecule has 70 valence electrons. The highest BCUT2D eigenvalue weighted by Crippen LogP contribution is 2.06. The van der Waals surface area contributed by atoms with Crippen molar-refractivity contribution in [1.29, 1.82) is 0 Å². The van der Waals surface area contributed by atoms with Crippen molar-refractivity contribution in [2.75, 3.05) is 7.11 Å². The summed E-state index contributed by atoms with van der Waals surface area (Å²) >= 11 is 0. The summed E-state index contributed by atoms with van der Waals surface area (Å²) in [5.74, 6) is -0.479. The lowest BCUT2D eigenvalue weighted by molar-refractivity contribution is 0.0600. The molecule has 0 atom stereocenters. The smallest absolute Gasteiger partial charge is 0.337 e. The van der Waals surface area contributed by atoms with Crippen LogP contribution in [-0.2, 0) is 15.4 Å². The minimum absolute atomic E-state index is 0.183. The minimum atomic E-state index is -2.58. The Morgan fingerprint density at radius 3 is 2.15 bits per heavy atom. The van der Waals surface area contributed by atoms with Crippen LogP contribution in [0.4, 0.5) is 0 Å². The fraction of sp³-hybridized carbons (Fsp3) is 0.125. The summed E-state index contributed by atoms with van der Waals surface area (Å²) in [6, 6.07) is 5.54. The van der Waals surface area contributed by atoms with Crippen molar-refractivity contribution in [3.05, 3.63) is 29.8 Å². The van der Waals surface area contributed by atoms with Crippen molar-refractivity contribution in [2.45, 2.75) is 4.90 Å². The molecule has 0 N–H and O–H groups in total. The Labute approximate surface area is 77.1 Å². The lowest BCUT2D eigenvalue weighted by Crippen LogP contribution is -2.00. The van der Waals surface area contributed by atoms with Gasteiger partial charge in [0.2, 0.25) is 0 Å². The largest absolute Gasteiger partial charge is 0.465 e. The van der Waals surface area contributed by atoms with Crippen molar-refractivity contribution >= 4 is 16.7 Å². The maximum atomic E-state index is 10.9. The van der Waals surface area contributed by atoms with Gasteiger partial charge in [0.15, 0.2) is 10.7 Å². The molecular formula is C8H8O4S. The molecule has 4 nitrogen and oxygen atoms in total. The van der Waals surface area contributed by atoms with E-state index >= 15 is 0 Å². The number of thiol groups is 1. The molecule has 0 heterocycles. The van der Waals surface area contributed by atoms with E-state index in [1.165, 1.54) is 31.4 Å². The van der Waals surface area contributed by atoms with E-state index < -0.39 is 16.7 Å². The molecule has 0 spiro atoms. The van der Waals surface area contributed by atoms with Crippen LogP contribution in [0.15, 0.2) is 29.2 Å². The number of rotatable bonds is 2. The van der Waals surface area contributed by atoms with Gasteiger partial charge in [0, 0.05) is 0 Å². The first-order valence-electron chi connectivity index (χ1n) is 3.48. The number of ether oxygens (including phenoxy) is 1. The van der Waals surface area contributed by atoms with Crippen LogP contribution in [0.5, 0.6) is 0 Å². The third kappa shape index (κ3) is 2.29. The third-order valence-corrected chi connectivity index (χ3v) is 2.22. The fourth-order valence-electron chi connectivity index (χ4n) is 0.837. The topological polar surface area (TPSA) is 60.4 Å². The van der Waals surface area contributed by atoms with Gasteiger partial charge in [0.25, 0.3) is 0 Å². The molecule has 13 heavy (non-hydrogen) atoms. The van der Waals surface area contributed by atoms with Gasteiger partial charge in [-0.05, 0) is 24.3 Å². The second kappa shape index (κ2) is 4.04. The molecule has 0 saturated carbocycles. The van der Waals surface area contributed by atoms with Crippen molar-refractivity contribution in [2.24, 2.45) is 0 Å². The van der Waals surface area contributed by atoms with E-state index in [0.29, 0.717) is 5.56 Å². The van der Waals surface area contributed by atoms with Gasteiger partial charge in [-0.2, -0.15) is 0 Å². The number of esters is 1. The lowest BCUT2D eigenvalue weighted by atomic mass is 10.2. The van der Waals surface area contributed by atoms with E-state index in [0.717, 1.165) is 0 Å². The molecule has 0 bridgehead atoms. The predicted octanol–water partition coefficient (Wildman–Crippen LogP) is 0.444. The van der Waals surface area contributed by atoms with Crippen molar-refractivity contribution in [1.82, 2.24) is 0 Å². The molecule has 0 fully saturated rings. The Hall–Kier alpha value is -1.36. The molecule has 0 radical (unpaired) electrons. The molecule has 0 amide bonds. The number of hydrogen-bond acceptors (Lipinski definition) is 4. The highest BCUT2D eigenvalue weighted by atomic mass is 32.2. The van der Waals surface area contributed by atoms with Gasteiger partial charge in [-0.15, -0.1) is 0 Å². The molecule has 0 aromatic heterocycles. The van der Waals surface area contributed by atoms with Crippen molar-refractivity contribution < 1.29 is 17.9 Å². The molecular weight excluding hydrogens is 192 g/mol. The first-order chi connectivity index (χ1) is 6.15. The zero-order valence-corrected chi connectivity index (χ0v) is 7.78. The van der Waals surface area contributed by atoms with Gasteiger partial charge in [0.05, 0.1) is 17.6 Å². The van der Waals surface area contributed by atoms with Gasteiger partial charge in [0.1, 0.15) is 0 Å². The number of carbonyl (C=O) groups is 1. The Bertz CT molecular complexity index is 370. The van der Waals surface area contributed by atoms with Crippen LogP contribution in [0.25, 0.3) is 0 Å². The Kier molecular flexibility index (Phi) is 3.02. The zero-order valence-electron chi connectivity index (χ0n) is 6.89. The lowest BCUT2D eigenvalue weighted by Gasteiger charge is -1.97. The van der Waals surface area contributed by atoms with Gasteiger partial charge >= 0.3 is 5.97 Å². The molecule has 0 aliphatic heterocycles. The van der Waals surface area contributed by atoms with E-state index in [2.05, 4.69) is 4.74 Å². The van der Waals surface area contributed by atoms with Crippen LogP contribution < -0.4 is 0 Å².